The molecule has 2 unspecified atom stereocenters. The first-order valence-electron chi connectivity index (χ1n) is 4.89. The Morgan fingerprint density at radius 3 is 2.41 bits per heavy atom. The zero-order valence-corrected chi connectivity index (χ0v) is 10.2. The van der Waals surface area contributed by atoms with Gasteiger partial charge in [-0.1, -0.05) is 0 Å². The predicted octanol–water partition coefficient (Wildman–Crippen LogP) is -0.920. The van der Waals surface area contributed by atoms with Crippen LogP contribution in [0.5, 0.6) is 0 Å². The zero-order chi connectivity index (χ0) is 13.2. The first kappa shape index (κ1) is 13.8. The molecule has 0 aliphatic carbocycles. The minimum atomic E-state index is -1.20. The molecule has 1 amide bonds. The van der Waals surface area contributed by atoms with Gasteiger partial charge in [0.25, 0.3) is 0 Å². The van der Waals surface area contributed by atoms with Gasteiger partial charge >= 0.3 is 11.9 Å². The number of aliphatic carboxylic acids is 2. The van der Waals surface area contributed by atoms with Crippen LogP contribution in [0.25, 0.3) is 0 Å². The smallest absolute Gasteiger partial charge is 0.328 e. The molecule has 0 radical (unpaired) electrons. The van der Waals surface area contributed by atoms with Crippen molar-refractivity contribution in [3.8, 4) is 0 Å². The molecule has 0 aromatic carbocycles. The van der Waals surface area contributed by atoms with E-state index in [0.29, 0.717) is 6.41 Å². The quantitative estimate of drug-likeness (QED) is 0.473. The molecular formula is C9H14N2O5S. The van der Waals surface area contributed by atoms with Crippen molar-refractivity contribution in [3.05, 3.63) is 0 Å². The van der Waals surface area contributed by atoms with Crippen molar-refractivity contribution in [3.63, 3.8) is 0 Å². The van der Waals surface area contributed by atoms with Crippen molar-refractivity contribution in [2.45, 2.75) is 36.1 Å². The summed E-state index contributed by atoms with van der Waals surface area (Å²) in [5.41, 5.74) is 0. The van der Waals surface area contributed by atoms with Crippen molar-refractivity contribution < 1.29 is 24.6 Å². The number of carboxylic acid groups (broad SMARTS) is 2. The van der Waals surface area contributed by atoms with Gasteiger partial charge in [-0.25, -0.2) is 4.79 Å². The highest BCUT2D eigenvalue weighted by atomic mass is 32.2. The molecule has 1 fully saturated rings. The van der Waals surface area contributed by atoms with E-state index in [1.807, 2.05) is 0 Å². The number of nitrogens with one attached hydrogen (secondary N) is 2. The molecule has 0 aromatic rings. The molecule has 1 saturated heterocycles. The fourth-order valence-electron chi connectivity index (χ4n) is 1.69. The van der Waals surface area contributed by atoms with E-state index in [2.05, 4.69) is 10.6 Å². The molecule has 8 heteroatoms. The van der Waals surface area contributed by atoms with E-state index >= 15 is 0 Å². The number of carbonyl (C=O) groups is 3. The lowest BCUT2D eigenvalue weighted by atomic mass is 10.0. The Morgan fingerprint density at radius 1 is 1.47 bits per heavy atom. The average Bonchev–Trinajstić information content (AvgIpc) is 2.49. The van der Waals surface area contributed by atoms with Gasteiger partial charge in [-0.2, -0.15) is 0 Å². The number of amides is 1. The van der Waals surface area contributed by atoms with Crippen molar-refractivity contribution in [1.82, 2.24) is 10.6 Å². The average molecular weight is 262 g/mol. The standard InChI is InChI=1S/C9H14N2O5S/c1-9(2)5(8(15)16)11-6(17-9)4(7(13)14)10-3-12/h3-6,11H,1-2H3,(H,10,12)(H,13,14)(H,15,16)/t4-,5?,6?/m0/s1. The number of carbonyl (C=O) groups excluding carboxylic acids is 1. The van der Waals surface area contributed by atoms with E-state index in [4.69, 9.17) is 10.2 Å². The normalized spacial score (nSPS) is 28.4. The van der Waals surface area contributed by atoms with E-state index in [9.17, 15) is 14.4 Å². The number of hydrogen-bond acceptors (Lipinski definition) is 5. The second-order valence-corrected chi connectivity index (χ2v) is 5.98. The molecule has 1 rings (SSSR count). The van der Waals surface area contributed by atoms with Gasteiger partial charge in [-0.05, 0) is 13.8 Å². The second-order valence-electron chi connectivity index (χ2n) is 4.18. The third-order valence-electron chi connectivity index (χ3n) is 2.52. The summed E-state index contributed by atoms with van der Waals surface area (Å²) in [5.74, 6) is -2.25. The van der Waals surface area contributed by atoms with Crippen LogP contribution in [0.2, 0.25) is 0 Å². The van der Waals surface area contributed by atoms with Gasteiger partial charge in [0.2, 0.25) is 6.41 Å². The van der Waals surface area contributed by atoms with Gasteiger partial charge in [0, 0.05) is 4.75 Å². The van der Waals surface area contributed by atoms with Crippen LogP contribution in [0.15, 0.2) is 0 Å². The maximum absolute atomic E-state index is 11.0. The molecule has 4 N–H and O–H groups in total. The van der Waals surface area contributed by atoms with Crippen LogP contribution in [0.3, 0.4) is 0 Å². The van der Waals surface area contributed by atoms with Crippen molar-refractivity contribution in [2.24, 2.45) is 0 Å². The van der Waals surface area contributed by atoms with Gasteiger partial charge in [0.05, 0.1) is 5.37 Å². The Balaban J connectivity index is 2.85. The summed E-state index contributed by atoms with van der Waals surface area (Å²) in [6.07, 6.45) is 0.294. The molecule has 3 atom stereocenters. The van der Waals surface area contributed by atoms with Gasteiger partial charge in [-0.15, -0.1) is 11.8 Å². The van der Waals surface area contributed by atoms with E-state index in [1.165, 1.54) is 11.8 Å². The minimum absolute atomic E-state index is 0.294. The fraction of sp³-hybridized carbons (Fsp3) is 0.667. The molecule has 0 aromatic heterocycles. The summed E-state index contributed by atoms with van der Waals surface area (Å²) in [4.78, 5) is 32.3. The van der Waals surface area contributed by atoms with Gasteiger partial charge in [0.15, 0.2) is 6.04 Å². The lowest BCUT2D eigenvalue weighted by Gasteiger charge is -2.21. The fourth-order valence-corrected chi connectivity index (χ4v) is 3.18. The Bertz CT molecular complexity index is 346. The molecule has 7 nitrogen and oxygen atoms in total. The number of hydrogen-bond donors (Lipinski definition) is 4. The molecule has 1 heterocycles. The summed E-state index contributed by atoms with van der Waals surface area (Å²) >= 11 is 1.19. The lowest BCUT2D eigenvalue weighted by Crippen LogP contribution is -2.52. The van der Waals surface area contributed by atoms with Crippen molar-refractivity contribution in [1.29, 1.82) is 0 Å². The van der Waals surface area contributed by atoms with Crippen LogP contribution in [0.1, 0.15) is 13.8 Å². The van der Waals surface area contributed by atoms with Crippen molar-refractivity contribution in [2.75, 3.05) is 0 Å². The van der Waals surface area contributed by atoms with Crippen LogP contribution in [0.4, 0.5) is 0 Å². The highest BCUT2D eigenvalue weighted by molar-refractivity contribution is 8.01. The third kappa shape index (κ3) is 2.89. The Morgan fingerprint density at radius 2 is 2.06 bits per heavy atom. The zero-order valence-electron chi connectivity index (χ0n) is 9.34. The number of rotatable bonds is 5. The molecule has 0 bridgehead atoms. The second kappa shape index (κ2) is 4.92. The first-order chi connectivity index (χ1) is 7.79. The maximum atomic E-state index is 11.0. The SMILES string of the molecule is CC1(C)SC([C@H](NC=O)C(=O)O)NC1C(=O)O. The maximum Gasteiger partial charge on any atom is 0.328 e. The summed E-state index contributed by atoms with van der Waals surface area (Å²) < 4.78 is -0.644. The van der Waals surface area contributed by atoms with Crippen LogP contribution in [-0.2, 0) is 14.4 Å². The molecule has 96 valence electrons. The van der Waals surface area contributed by atoms with E-state index < -0.39 is 34.1 Å². The molecule has 0 saturated carbocycles. The molecular weight excluding hydrogens is 248 g/mol. The summed E-state index contributed by atoms with van der Waals surface area (Å²) in [6.45, 7) is 3.42. The predicted molar refractivity (Wildman–Crippen MR) is 60.6 cm³/mol. The van der Waals surface area contributed by atoms with Crippen LogP contribution >= 0.6 is 11.8 Å². The first-order valence-corrected chi connectivity index (χ1v) is 5.76. The number of thioether (sulfide) groups is 1. The topological polar surface area (TPSA) is 116 Å². The van der Waals surface area contributed by atoms with E-state index in [1.54, 1.807) is 13.8 Å². The van der Waals surface area contributed by atoms with Gasteiger partial charge < -0.3 is 15.5 Å². The third-order valence-corrected chi connectivity index (χ3v) is 4.03. The largest absolute Gasteiger partial charge is 0.480 e. The molecule has 1 aliphatic rings. The summed E-state index contributed by atoms with van der Waals surface area (Å²) in [5, 5.41) is 22.1. The Kier molecular flexibility index (Phi) is 3.99. The Labute approximate surface area is 102 Å². The lowest BCUT2D eigenvalue weighted by molar-refractivity contribution is -0.142. The van der Waals surface area contributed by atoms with Crippen LogP contribution in [0, 0.1) is 0 Å². The van der Waals surface area contributed by atoms with Crippen LogP contribution in [-0.4, -0.2) is 50.8 Å². The Hall–Kier alpha value is -1.28. The summed E-state index contributed by atoms with van der Waals surface area (Å²) in [7, 11) is 0. The molecule has 17 heavy (non-hydrogen) atoms. The molecule has 1 aliphatic heterocycles. The van der Waals surface area contributed by atoms with Crippen LogP contribution < -0.4 is 10.6 Å². The monoisotopic (exact) mass is 262 g/mol. The minimum Gasteiger partial charge on any atom is -0.480 e. The van der Waals surface area contributed by atoms with Gasteiger partial charge in [0.1, 0.15) is 6.04 Å². The van der Waals surface area contributed by atoms with Crippen molar-refractivity contribution >= 4 is 30.1 Å². The summed E-state index contributed by atoms with van der Waals surface area (Å²) in [6, 6.07) is -2.01. The van der Waals surface area contributed by atoms with E-state index in [0.717, 1.165) is 0 Å². The number of carboxylic acids is 2. The highest BCUT2D eigenvalue weighted by Gasteiger charge is 2.48. The molecule has 0 spiro atoms. The highest BCUT2D eigenvalue weighted by Crippen LogP contribution is 2.39. The van der Waals surface area contributed by atoms with Gasteiger partial charge in [-0.3, -0.25) is 14.9 Å². The van der Waals surface area contributed by atoms with E-state index in [-0.39, 0.29) is 0 Å².